The lowest BCUT2D eigenvalue weighted by Crippen LogP contribution is -2.48. The second-order valence-corrected chi connectivity index (χ2v) is 7.13. The van der Waals surface area contributed by atoms with Gasteiger partial charge in [-0.2, -0.15) is 5.10 Å². The maximum atomic E-state index is 12.8. The minimum atomic E-state index is -0.548. The van der Waals surface area contributed by atoms with Gasteiger partial charge in [-0.1, -0.05) is 20.3 Å². The number of carbonyl (C=O) groups is 2. The average Bonchev–Trinajstić information content (AvgIpc) is 3.06. The second kappa shape index (κ2) is 7.56. The van der Waals surface area contributed by atoms with E-state index >= 15 is 0 Å². The Balaban J connectivity index is 1.69. The van der Waals surface area contributed by atoms with Crippen molar-refractivity contribution in [3.63, 3.8) is 0 Å². The first kappa shape index (κ1) is 17.9. The van der Waals surface area contributed by atoms with Gasteiger partial charge in [0.25, 0.3) is 0 Å². The van der Waals surface area contributed by atoms with Crippen molar-refractivity contribution in [2.24, 2.45) is 7.05 Å². The summed E-state index contributed by atoms with van der Waals surface area (Å²) in [7, 11) is 1.79. The molecular formula is C18H29N5O2. The zero-order valence-electron chi connectivity index (χ0n) is 15.5. The normalized spacial score (nSPS) is 23.6. The largest absolute Gasteiger partial charge is 0.327 e. The summed E-state index contributed by atoms with van der Waals surface area (Å²) >= 11 is 0. The molecule has 1 aromatic heterocycles. The molecule has 2 unspecified atom stereocenters. The first-order valence-electron chi connectivity index (χ1n) is 9.42. The maximum absolute atomic E-state index is 12.8. The van der Waals surface area contributed by atoms with Crippen LogP contribution >= 0.6 is 0 Å². The lowest BCUT2D eigenvalue weighted by molar-refractivity contribution is -0.145. The Morgan fingerprint density at radius 3 is 2.72 bits per heavy atom. The predicted octanol–water partition coefficient (Wildman–Crippen LogP) is 1.40. The summed E-state index contributed by atoms with van der Waals surface area (Å²) in [6.45, 7) is 7.11. The van der Waals surface area contributed by atoms with Gasteiger partial charge in [-0.15, -0.1) is 0 Å². The van der Waals surface area contributed by atoms with Gasteiger partial charge >= 0.3 is 11.8 Å². The summed E-state index contributed by atoms with van der Waals surface area (Å²) in [5.41, 5.74) is 0.932. The zero-order valence-corrected chi connectivity index (χ0v) is 15.5. The molecular weight excluding hydrogens is 318 g/mol. The number of nitrogens with one attached hydrogen (secondary N) is 1. The van der Waals surface area contributed by atoms with Crippen LogP contribution in [-0.2, 0) is 23.1 Å². The fraction of sp³-hybridized carbons (Fsp3) is 0.722. The quantitative estimate of drug-likeness (QED) is 0.836. The molecule has 1 N–H and O–H groups in total. The van der Waals surface area contributed by atoms with Gasteiger partial charge in [0.1, 0.15) is 5.82 Å². The molecule has 0 saturated carbocycles. The SMILES string of the molecule is CCCc1cc(NC(=O)C(=O)N2C3CCC2CN(CC)CC3)n(C)n1. The molecule has 3 heterocycles. The summed E-state index contributed by atoms with van der Waals surface area (Å²) in [6.07, 6.45) is 4.81. The Morgan fingerprint density at radius 2 is 2.00 bits per heavy atom. The van der Waals surface area contributed by atoms with E-state index in [0.29, 0.717) is 5.82 Å². The van der Waals surface area contributed by atoms with Crippen LogP contribution in [0.5, 0.6) is 0 Å². The van der Waals surface area contributed by atoms with Gasteiger partial charge < -0.3 is 15.1 Å². The van der Waals surface area contributed by atoms with Gasteiger partial charge in [0, 0.05) is 38.3 Å². The fourth-order valence-corrected chi connectivity index (χ4v) is 4.07. The van der Waals surface area contributed by atoms with E-state index in [0.717, 1.165) is 57.4 Å². The minimum absolute atomic E-state index is 0.160. The number of carbonyl (C=O) groups excluding carboxylic acids is 2. The summed E-state index contributed by atoms with van der Waals surface area (Å²) in [6, 6.07) is 2.21. The van der Waals surface area contributed by atoms with E-state index in [1.807, 2.05) is 11.0 Å². The van der Waals surface area contributed by atoms with Crippen LogP contribution in [-0.4, -0.2) is 63.1 Å². The number of rotatable bonds is 4. The Bertz CT molecular complexity index is 641. The van der Waals surface area contributed by atoms with Crippen LogP contribution in [0.2, 0.25) is 0 Å². The number of aryl methyl sites for hydroxylation is 2. The molecule has 0 radical (unpaired) electrons. The number of hydrogen-bond donors (Lipinski definition) is 1. The number of amides is 2. The molecule has 0 aromatic carbocycles. The molecule has 7 nitrogen and oxygen atoms in total. The third kappa shape index (κ3) is 3.71. The molecule has 2 aliphatic heterocycles. The van der Waals surface area contributed by atoms with E-state index in [9.17, 15) is 9.59 Å². The van der Waals surface area contributed by atoms with Crippen molar-refractivity contribution in [1.29, 1.82) is 0 Å². The fourth-order valence-electron chi connectivity index (χ4n) is 4.07. The Morgan fingerprint density at radius 1 is 1.24 bits per heavy atom. The van der Waals surface area contributed by atoms with Crippen molar-refractivity contribution >= 4 is 17.6 Å². The highest BCUT2D eigenvalue weighted by Gasteiger charge is 2.41. The molecule has 2 fully saturated rings. The highest BCUT2D eigenvalue weighted by Crippen LogP contribution is 2.30. The van der Waals surface area contributed by atoms with Crippen molar-refractivity contribution in [1.82, 2.24) is 19.6 Å². The third-order valence-corrected chi connectivity index (χ3v) is 5.42. The number of anilines is 1. The molecule has 2 atom stereocenters. The van der Waals surface area contributed by atoms with Gasteiger partial charge in [-0.25, -0.2) is 0 Å². The molecule has 2 bridgehead atoms. The van der Waals surface area contributed by atoms with E-state index in [-0.39, 0.29) is 12.1 Å². The van der Waals surface area contributed by atoms with Gasteiger partial charge in [0.05, 0.1) is 5.69 Å². The summed E-state index contributed by atoms with van der Waals surface area (Å²) < 4.78 is 1.63. The number of likely N-dealkylation sites (tertiary alicyclic amines) is 1. The Labute approximate surface area is 149 Å². The summed E-state index contributed by atoms with van der Waals surface area (Å²) in [5, 5.41) is 7.13. The number of aromatic nitrogens is 2. The molecule has 7 heteroatoms. The summed E-state index contributed by atoms with van der Waals surface area (Å²) in [4.78, 5) is 29.6. The van der Waals surface area contributed by atoms with Crippen molar-refractivity contribution in [2.75, 3.05) is 25.0 Å². The topological polar surface area (TPSA) is 70.5 Å². The van der Waals surface area contributed by atoms with Crippen LogP contribution < -0.4 is 5.32 Å². The van der Waals surface area contributed by atoms with E-state index in [1.165, 1.54) is 0 Å². The van der Waals surface area contributed by atoms with E-state index in [4.69, 9.17) is 0 Å². The van der Waals surface area contributed by atoms with Gasteiger partial charge in [0.15, 0.2) is 0 Å². The van der Waals surface area contributed by atoms with Crippen LogP contribution in [0.3, 0.4) is 0 Å². The van der Waals surface area contributed by atoms with Crippen LogP contribution in [0.25, 0.3) is 0 Å². The first-order valence-corrected chi connectivity index (χ1v) is 9.42. The van der Waals surface area contributed by atoms with Crippen molar-refractivity contribution in [3.8, 4) is 0 Å². The van der Waals surface area contributed by atoms with E-state index in [1.54, 1.807) is 11.7 Å². The molecule has 138 valence electrons. The average molecular weight is 347 g/mol. The number of likely N-dealkylation sites (N-methyl/N-ethyl adjacent to an activating group) is 1. The van der Waals surface area contributed by atoms with E-state index in [2.05, 4.69) is 29.2 Å². The molecule has 2 amide bonds. The zero-order chi connectivity index (χ0) is 18.0. The molecule has 0 aliphatic carbocycles. The lowest BCUT2D eigenvalue weighted by atomic mass is 10.1. The van der Waals surface area contributed by atoms with Gasteiger partial charge in [-0.3, -0.25) is 14.3 Å². The van der Waals surface area contributed by atoms with Crippen molar-refractivity contribution in [2.45, 2.75) is 58.0 Å². The summed E-state index contributed by atoms with van der Waals surface area (Å²) in [5.74, 6) is -0.365. The Kier molecular flexibility index (Phi) is 5.42. The molecule has 3 rings (SSSR count). The molecule has 1 aromatic rings. The Hall–Kier alpha value is -1.89. The van der Waals surface area contributed by atoms with E-state index < -0.39 is 11.8 Å². The number of nitrogens with zero attached hydrogens (tertiary/aromatic N) is 4. The molecule has 2 saturated heterocycles. The second-order valence-electron chi connectivity index (χ2n) is 7.13. The number of fused-ring (bicyclic) bond motifs is 2. The third-order valence-electron chi connectivity index (χ3n) is 5.42. The minimum Gasteiger partial charge on any atom is -0.327 e. The smallest absolute Gasteiger partial charge is 0.315 e. The highest BCUT2D eigenvalue weighted by molar-refractivity contribution is 6.39. The first-order chi connectivity index (χ1) is 12.0. The maximum Gasteiger partial charge on any atom is 0.315 e. The standard InChI is InChI=1S/C18H29N5O2/c1-4-6-13-11-16(21(3)20-13)19-17(24)18(25)23-14-7-8-15(23)12-22(5-2)10-9-14/h11,14-15H,4-10,12H2,1-3H3,(H,19,24). The highest BCUT2D eigenvalue weighted by atomic mass is 16.2. The monoisotopic (exact) mass is 347 g/mol. The van der Waals surface area contributed by atoms with Crippen LogP contribution in [0.15, 0.2) is 6.07 Å². The van der Waals surface area contributed by atoms with Crippen LogP contribution in [0.1, 0.15) is 45.2 Å². The lowest BCUT2D eigenvalue weighted by Gasteiger charge is -2.28. The van der Waals surface area contributed by atoms with Gasteiger partial charge in [0.2, 0.25) is 0 Å². The molecule has 25 heavy (non-hydrogen) atoms. The predicted molar refractivity (Wildman–Crippen MR) is 96.2 cm³/mol. The molecule has 2 aliphatic rings. The van der Waals surface area contributed by atoms with Crippen molar-refractivity contribution < 1.29 is 9.59 Å². The molecule has 0 spiro atoms. The van der Waals surface area contributed by atoms with Gasteiger partial charge in [-0.05, 0) is 32.2 Å². The number of hydrogen-bond acceptors (Lipinski definition) is 4. The van der Waals surface area contributed by atoms with Crippen LogP contribution in [0, 0.1) is 0 Å². The van der Waals surface area contributed by atoms with Crippen LogP contribution in [0.4, 0.5) is 5.82 Å². The van der Waals surface area contributed by atoms with Crippen molar-refractivity contribution in [3.05, 3.63) is 11.8 Å².